The van der Waals surface area contributed by atoms with E-state index in [4.69, 9.17) is 0 Å². The molecule has 0 aliphatic rings. The first kappa shape index (κ1) is 10.3. The fourth-order valence-electron chi connectivity index (χ4n) is 1.24. The Morgan fingerprint density at radius 3 is 2.54 bits per heavy atom. The minimum atomic E-state index is 0.168. The Bertz CT molecular complexity index is 255. The molecule has 0 amide bonds. The summed E-state index contributed by atoms with van der Waals surface area (Å²) in [7, 11) is 0. The molecule has 2 heteroatoms. The Hall–Kier alpha value is -0.790. The maximum atomic E-state index is 4.32. The van der Waals surface area contributed by atoms with Crippen LogP contribution < -0.4 is 0 Å². The fourth-order valence-corrected chi connectivity index (χ4v) is 1.24. The maximum Gasteiger partial charge on any atom is 0.0678 e. The van der Waals surface area contributed by atoms with Gasteiger partial charge < -0.3 is 0 Å². The molecule has 0 saturated heterocycles. The average Bonchev–Trinajstić information content (AvgIpc) is 2.47. The highest BCUT2D eigenvalue weighted by Crippen LogP contribution is 2.20. The van der Waals surface area contributed by atoms with Gasteiger partial charge in [0, 0.05) is 11.1 Å². The van der Waals surface area contributed by atoms with Crippen molar-refractivity contribution in [1.29, 1.82) is 0 Å². The molecular weight excluding hydrogens is 160 g/mol. The van der Waals surface area contributed by atoms with E-state index in [2.05, 4.69) is 44.0 Å². The SMILES string of the molecule is CCCCc1cc(C(C)(C)C)n[nH]1. The number of aromatic amines is 1. The summed E-state index contributed by atoms with van der Waals surface area (Å²) in [5, 5.41) is 7.41. The van der Waals surface area contributed by atoms with Gasteiger partial charge in [0.15, 0.2) is 0 Å². The molecule has 1 rings (SSSR count). The van der Waals surface area contributed by atoms with Gasteiger partial charge in [0.1, 0.15) is 0 Å². The van der Waals surface area contributed by atoms with Crippen LogP contribution >= 0.6 is 0 Å². The van der Waals surface area contributed by atoms with Crippen LogP contribution in [0.1, 0.15) is 51.9 Å². The van der Waals surface area contributed by atoms with Gasteiger partial charge in [-0.25, -0.2) is 0 Å². The molecule has 13 heavy (non-hydrogen) atoms. The molecule has 1 aromatic rings. The molecule has 0 fully saturated rings. The van der Waals surface area contributed by atoms with Crippen LogP contribution in [0.15, 0.2) is 6.07 Å². The second kappa shape index (κ2) is 3.95. The van der Waals surface area contributed by atoms with E-state index >= 15 is 0 Å². The number of H-pyrrole nitrogens is 1. The molecule has 0 unspecified atom stereocenters. The molecule has 1 aromatic heterocycles. The summed E-state index contributed by atoms with van der Waals surface area (Å²) in [5.41, 5.74) is 2.60. The summed E-state index contributed by atoms with van der Waals surface area (Å²) in [6.07, 6.45) is 3.61. The minimum absolute atomic E-state index is 0.168. The zero-order chi connectivity index (χ0) is 9.90. The highest BCUT2D eigenvalue weighted by Gasteiger charge is 2.16. The van der Waals surface area contributed by atoms with Crippen LogP contribution in [0.5, 0.6) is 0 Å². The van der Waals surface area contributed by atoms with Crippen molar-refractivity contribution in [3.8, 4) is 0 Å². The van der Waals surface area contributed by atoms with Gasteiger partial charge in [0.2, 0.25) is 0 Å². The standard InChI is InChI=1S/C11H20N2/c1-5-6-7-9-8-10(13-12-9)11(2,3)4/h8H,5-7H2,1-4H3,(H,12,13). The Labute approximate surface area is 80.7 Å². The summed E-state index contributed by atoms with van der Waals surface area (Å²) >= 11 is 0. The first-order chi connectivity index (χ1) is 6.04. The topological polar surface area (TPSA) is 28.7 Å². The van der Waals surface area contributed by atoms with E-state index in [1.807, 2.05) is 0 Å². The molecule has 2 nitrogen and oxygen atoms in total. The minimum Gasteiger partial charge on any atom is -0.282 e. The highest BCUT2D eigenvalue weighted by atomic mass is 15.1. The number of hydrogen-bond donors (Lipinski definition) is 1. The van der Waals surface area contributed by atoms with Crippen LogP contribution in [0, 0.1) is 0 Å². The van der Waals surface area contributed by atoms with Gasteiger partial charge >= 0.3 is 0 Å². The molecule has 0 radical (unpaired) electrons. The van der Waals surface area contributed by atoms with Crippen molar-refractivity contribution < 1.29 is 0 Å². The Balaban J connectivity index is 2.64. The van der Waals surface area contributed by atoms with Crippen LogP contribution in [0.4, 0.5) is 0 Å². The third-order valence-electron chi connectivity index (χ3n) is 2.20. The van der Waals surface area contributed by atoms with Crippen molar-refractivity contribution in [3.63, 3.8) is 0 Å². The van der Waals surface area contributed by atoms with Gasteiger partial charge in [-0.3, -0.25) is 5.10 Å². The average molecular weight is 180 g/mol. The number of unbranched alkanes of at least 4 members (excludes halogenated alkanes) is 1. The molecule has 1 N–H and O–H groups in total. The van der Waals surface area contributed by atoms with Crippen molar-refractivity contribution in [1.82, 2.24) is 10.2 Å². The molecule has 0 atom stereocenters. The monoisotopic (exact) mass is 180 g/mol. The van der Waals surface area contributed by atoms with Crippen LogP contribution in [0.25, 0.3) is 0 Å². The summed E-state index contributed by atoms with van der Waals surface area (Å²) in [5.74, 6) is 0. The van der Waals surface area contributed by atoms with Gasteiger partial charge in [-0.15, -0.1) is 0 Å². The van der Waals surface area contributed by atoms with E-state index in [1.54, 1.807) is 0 Å². The molecular formula is C11H20N2. The van der Waals surface area contributed by atoms with E-state index < -0.39 is 0 Å². The van der Waals surface area contributed by atoms with Crippen molar-refractivity contribution in [2.24, 2.45) is 0 Å². The van der Waals surface area contributed by atoms with Gasteiger partial charge in [0.05, 0.1) is 5.69 Å². The molecule has 0 aromatic carbocycles. The second-order valence-corrected chi connectivity index (χ2v) is 4.63. The molecule has 0 spiro atoms. The lowest BCUT2D eigenvalue weighted by molar-refractivity contribution is 0.567. The third-order valence-corrected chi connectivity index (χ3v) is 2.20. The maximum absolute atomic E-state index is 4.32. The van der Waals surface area contributed by atoms with Crippen LogP contribution in [-0.2, 0) is 11.8 Å². The third kappa shape index (κ3) is 2.87. The number of nitrogens with zero attached hydrogens (tertiary/aromatic N) is 1. The first-order valence-corrected chi connectivity index (χ1v) is 5.09. The summed E-state index contributed by atoms with van der Waals surface area (Å²) in [6.45, 7) is 8.77. The molecule has 0 bridgehead atoms. The smallest absolute Gasteiger partial charge is 0.0678 e. The normalized spacial score (nSPS) is 12.0. The second-order valence-electron chi connectivity index (χ2n) is 4.63. The zero-order valence-electron chi connectivity index (χ0n) is 9.15. The van der Waals surface area contributed by atoms with Crippen molar-refractivity contribution in [2.45, 2.75) is 52.4 Å². The van der Waals surface area contributed by atoms with Crippen molar-refractivity contribution in [2.75, 3.05) is 0 Å². The fraction of sp³-hybridized carbons (Fsp3) is 0.727. The number of aromatic nitrogens is 2. The predicted molar refractivity (Wildman–Crippen MR) is 55.9 cm³/mol. The first-order valence-electron chi connectivity index (χ1n) is 5.09. The molecule has 74 valence electrons. The number of hydrogen-bond acceptors (Lipinski definition) is 1. The summed E-state index contributed by atoms with van der Waals surface area (Å²) < 4.78 is 0. The Morgan fingerprint density at radius 2 is 2.08 bits per heavy atom. The highest BCUT2D eigenvalue weighted by molar-refractivity contribution is 5.16. The molecule has 0 aliphatic heterocycles. The van der Waals surface area contributed by atoms with Gasteiger partial charge in [-0.1, -0.05) is 34.1 Å². The Morgan fingerprint density at radius 1 is 1.38 bits per heavy atom. The lowest BCUT2D eigenvalue weighted by Gasteiger charge is -2.13. The summed E-state index contributed by atoms with van der Waals surface area (Å²) in [6, 6.07) is 2.19. The van der Waals surface area contributed by atoms with Crippen LogP contribution in [0.2, 0.25) is 0 Å². The van der Waals surface area contributed by atoms with E-state index in [1.165, 1.54) is 24.2 Å². The predicted octanol–water partition coefficient (Wildman–Crippen LogP) is 3.05. The Kier molecular flexibility index (Phi) is 3.12. The lowest BCUT2D eigenvalue weighted by atomic mass is 9.92. The van der Waals surface area contributed by atoms with E-state index in [-0.39, 0.29) is 5.41 Å². The summed E-state index contributed by atoms with van der Waals surface area (Å²) in [4.78, 5) is 0. The van der Waals surface area contributed by atoms with Crippen molar-refractivity contribution >= 4 is 0 Å². The van der Waals surface area contributed by atoms with Crippen LogP contribution in [-0.4, -0.2) is 10.2 Å². The zero-order valence-corrected chi connectivity index (χ0v) is 9.15. The van der Waals surface area contributed by atoms with Gasteiger partial charge in [-0.05, 0) is 18.9 Å². The number of aryl methyl sites for hydroxylation is 1. The molecule has 0 aliphatic carbocycles. The number of nitrogens with one attached hydrogen (secondary N) is 1. The quantitative estimate of drug-likeness (QED) is 0.761. The van der Waals surface area contributed by atoms with Crippen molar-refractivity contribution in [3.05, 3.63) is 17.5 Å². The molecule has 0 saturated carbocycles. The van der Waals surface area contributed by atoms with E-state index in [9.17, 15) is 0 Å². The van der Waals surface area contributed by atoms with Gasteiger partial charge in [-0.2, -0.15) is 5.10 Å². The number of rotatable bonds is 3. The lowest BCUT2D eigenvalue weighted by Crippen LogP contribution is -2.11. The molecule has 1 heterocycles. The van der Waals surface area contributed by atoms with Gasteiger partial charge in [0.25, 0.3) is 0 Å². The van der Waals surface area contributed by atoms with E-state index in [0.717, 1.165) is 6.42 Å². The van der Waals surface area contributed by atoms with Crippen LogP contribution in [0.3, 0.4) is 0 Å². The largest absolute Gasteiger partial charge is 0.282 e. The van der Waals surface area contributed by atoms with E-state index in [0.29, 0.717) is 0 Å².